The van der Waals surface area contributed by atoms with Gasteiger partial charge >= 0.3 is 35.8 Å². The molecule has 0 amide bonds. The molecular weight excluding hydrogens is 941 g/mol. The predicted octanol–water partition coefficient (Wildman–Crippen LogP) is 13.5. The van der Waals surface area contributed by atoms with Crippen LogP contribution in [0.25, 0.3) is 0 Å². The Morgan fingerprint density at radius 3 is 0.946 bits per heavy atom. The third-order valence-corrected chi connectivity index (χ3v) is 15.0. The number of piperidine rings is 2. The molecule has 0 aliphatic carbocycles. The van der Waals surface area contributed by atoms with Gasteiger partial charge in [0, 0.05) is 25.7 Å². The van der Waals surface area contributed by atoms with Crippen LogP contribution in [0.2, 0.25) is 0 Å². The first kappa shape index (κ1) is 68.8. The molecule has 0 spiro atoms. The number of aliphatic carboxylic acids is 2. The lowest BCUT2D eigenvalue weighted by atomic mass is 9.95. The van der Waals surface area contributed by atoms with Crippen molar-refractivity contribution in [3.05, 3.63) is 0 Å². The largest absolute Gasteiger partial charge is 0.481 e. The van der Waals surface area contributed by atoms with E-state index in [0.29, 0.717) is 71.2 Å². The van der Waals surface area contributed by atoms with Gasteiger partial charge in [0.05, 0.1) is 38.3 Å². The smallest absolute Gasteiger partial charge is 0.309 e. The predicted molar refractivity (Wildman–Crippen MR) is 295 cm³/mol. The molecule has 2 fully saturated rings. The lowest BCUT2D eigenvalue weighted by molar-refractivity contribution is -0.152. The Bertz CT molecular complexity index is 1350. The molecule has 0 radical (unpaired) electrons. The van der Waals surface area contributed by atoms with Gasteiger partial charge in [-0.3, -0.25) is 28.8 Å². The van der Waals surface area contributed by atoms with Crippen LogP contribution < -0.4 is 0 Å². The lowest BCUT2D eigenvalue weighted by Crippen LogP contribution is -2.34. The number of carbonyl (C=O) groups excluding carboxylic acids is 4. The van der Waals surface area contributed by atoms with Crippen LogP contribution in [0.15, 0.2) is 0 Å². The highest BCUT2D eigenvalue weighted by Gasteiger charge is 2.27. The van der Waals surface area contributed by atoms with E-state index < -0.39 is 11.9 Å². The minimum Gasteiger partial charge on any atom is -0.481 e. The molecule has 2 aliphatic heterocycles. The second kappa shape index (κ2) is 48.1. The number of esters is 4. The van der Waals surface area contributed by atoms with Crippen molar-refractivity contribution in [2.24, 2.45) is 23.7 Å². The fourth-order valence-electron chi connectivity index (χ4n) is 9.95. The summed E-state index contributed by atoms with van der Waals surface area (Å²) in [6, 6.07) is 0. The van der Waals surface area contributed by atoms with E-state index >= 15 is 0 Å². The number of carboxylic acid groups (broad SMARTS) is 2. The van der Waals surface area contributed by atoms with Crippen molar-refractivity contribution in [1.82, 2.24) is 9.80 Å². The molecule has 2 N–H and O–H groups in total. The fourth-order valence-corrected chi connectivity index (χ4v) is 9.95. The lowest BCUT2D eigenvalue weighted by Gasteiger charge is -2.28. The number of rotatable bonds is 46. The minimum absolute atomic E-state index is 0.0251. The topological polar surface area (TPSA) is 186 Å². The Morgan fingerprint density at radius 2 is 0.662 bits per heavy atom. The summed E-state index contributed by atoms with van der Waals surface area (Å²) in [5.41, 5.74) is 0. The zero-order valence-corrected chi connectivity index (χ0v) is 47.7. The molecule has 0 aromatic carbocycles. The van der Waals surface area contributed by atoms with Gasteiger partial charge in [-0.25, -0.2) is 0 Å². The molecule has 0 aromatic rings. The number of likely N-dealkylation sites (tertiary alicyclic amines) is 2. The summed E-state index contributed by atoms with van der Waals surface area (Å²) < 4.78 is 22.3. The fraction of sp³-hybridized carbons (Fsp3) is 0.900. The summed E-state index contributed by atoms with van der Waals surface area (Å²) in [7, 11) is 4.12. The second-order valence-corrected chi connectivity index (χ2v) is 22.0. The molecule has 0 aromatic heterocycles. The first-order valence-corrected chi connectivity index (χ1v) is 30.3. The highest BCUT2D eigenvalue weighted by molar-refractivity contribution is 5.73. The van der Waals surface area contributed by atoms with Gasteiger partial charge in [0.25, 0.3) is 0 Å². The molecule has 0 bridgehead atoms. The quantitative estimate of drug-likeness (QED) is 0.0333. The van der Waals surface area contributed by atoms with E-state index in [9.17, 15) is 28.8 Å². The first-order chi connectivity index (χ1) is 35.8. The van der Waals surface area contributed by atoms with E-state index in [1.807, 2.05) is 7.05 Å². The maximum atomic E-state index is 12.8. The molecular formula is C60H110N2O12. The number of nitrogens with zero attached hydrogens (tertiary/aromatic N) is 2. The van der Waals surface area contributed by atoms with Gasteiger partial charge < -0.3 is 39.0 Å². The van der Waals surface area contributed by atoms with E-state index in [-0.39, 0.29) is 67.0 Å². The summed E-state index contributed by atoms with van der Waals surface area (Å²) >= 11 is 0. The molecule has 432 valence electrons. The number of ether oxygens (including phenoxy) is 4. The zero-order valence-electron chi connectivity index (χ0n) is 47.7. The Kier molecular flexibility index (Phi) is 44.7. The first-order valence-electron chi connectivity index (χ1n) is 30.3. The van der Waals surface area contributed by atoms with E-state index in [1.54, 1.807) is 0 Å². The van der Waals surface area contributed by atoms with E-state index in [1.165, 1.54) is 116 Å². The van der Waals surface area contributed by atoms with Crippen LogP contribution in [0, 0.1) is 23.7 Å². The molecule has 0 unspecified atom stereocenters. The third-order valence-electron chi connectivity index (χ3n) is 15.0. The molecule has 2 heterocycles. The Balaban J connectivity index is 0.000000948. The molecule has 2 saturated heterocycles. The van der Waals surface area contributed by atoms with Crippen molar-refractivity contribution in [3.63, 3.8) is 0 Å². The monoisotopic (exact) mass is 1050 g/mol. The van der Waals surface area contributed by atoms with E-state index in [2.05, 4.69) is 30.7 Å². The van der Waals surface area contributed by atoms with Gasteiger partial charge in [0.1, 0.15) is 0 Å². The van der Waals surface area contributed by atoms with Crippen molar-refractivity contribution in [3.8, 4) is 0 Å². The normalized spacial score (nSPS) is 14.7. The van der Waals surface area contributed by atoms with Crippen molar-refractivity contribution in [1.29, 1.82) is 0 Å². The Hall–Kier alpha value is -3.26. The molecule has 2 aliphatic rings. The molecule has 14 nitrogen and oxygen atoms in total. The average molecular weight is 1050 g/mol. The van der Waals surface area contributed by atoms with Crippen molar-refractivity contribution in [2.45, 2.75) is 258 Å². The van der Waals surface area contributed by atoms with Crippen LogP contribution >= 0.6 is 0 Å². The molecule has 14 heteroatoms. The SMILES string of the molecule is CCCCCCCCCCCCCOC(=O)CCCC(CCCC(=O)OCCCCCCCCCCCCC)COC(=O)C1CCN(C)CC1.CN1CCC(C(=O)OCC(CCCC(=O)O)CCCC(=O)O)CC1. The highest BCUT2D eigenvalue weighted by Crippen LogP contribution is 2.24. The maximum absolute atomic E-state index is 12.8. The molecule has 0 atom stereocenters. The Morgan fingerprint density at radius 1 is 0.392 bits per heavy atom. The van der Waals surface area contributed by atoms with Crippen molar-refractivity contribution in [2.75, 3.05) is 66.7 Å². The summed E-state index contributed by atoms with van der Waals surface area (Å²) in [4.78, 5) is 75.4. The van der Waals surface area contributed by atoms with Crippen molar-refractivity contribution >= 4 is 35.8 Å². The second-order valence-electron chi connectivity index (χ2n) is 22.0. The maximum Gasteiger partial charge on any atom is 0.309 e. The van der Waals surface area contributed by atoms with Crippen LogP contribution in [0.3, 0.4) is 0 Å². The van der Waals surface area contributed by atoms with Crippen LogP contribution in [-0.4, -0.2) is 123 Å². The number of carboxylic acids is 2. The number of unbranched alkanes of at least 4 members (excludes halogenated alkanes) is 20. The molecule has 0 saturated carbocycles. The van der Waals surface area contributed by atoms with Gasteiger partial charge in [0.15, 0.2) is 0 Å². The summed E-state index contributed by atoms with van der Waals surface area (Å²) in [5, 5.41) is 17.4. The van der Waals surface area contributed by atoms with Gasteiger partial charge in [-0.15, -0.1) is 0 Å². The third kappa shape index (κ3) is 41.9. The van der Waals surface area contributed by atoms with Crippen LogP contribution in [-0.2, 0) is 47.7 Å². The number of hydrogen-bond acceptors (Lipinski definition) is 12. The summed E-state index contributed by atoms with van der Waals surface area (Å²) in [6.45, 7) is 9.77. The van der Waals surface area contributed by atoms with Crippen LogP contribution in [0.4, 0.5) is 0 Å². The summed E-state index contributed by atoms with van der Waals surface area (Å²) in [6.07, 6.45) is 37.5. The Labute approximate surface area is 450 Å². The van der Waals surface area contributed by atoms with Gasteiger partial charge in [0.2, 0.25) is 0 Å². The molecule has 74 heavy (non-hydrogen) atoms. The molecule has 2 rings (SSSR count). The highest BCUT2D eigenvalue weighted by atomic mass is 16.5. The van der Waals surface area contributed by atoms with Gasteiger partial charge in [-0.2, -0.15) is 0 Å². The zero-order chi connectivity index (χ0) is 54.3. The van der Waals surface area contributed by atoms with Crippen LogP contribution in [0.5, 0.6) is 0 Å². The van der Waals surface area contributed by atoms with Crippen LogP contribution in [0.1, 0.15) is 258 Å². The standard InChI is InChI=1S/C43H81NO6.C17H29NO6/c1-4-6-8-10-12-14-16-18-20-22-24-36-48-41(45)30-26-28-39(38-50-43(47)40-32-34-44(3)35-33-40)29-27-31-42(46)49-37-25-23-21-19-17-15-13-11-9-7-5-2;1-18-10-8-14(9-11-18)17(23)24-12-13(4-2-6-15(19)20)5-3-7-16(21)22/h39-40H,4-38H2,1-3H3;13-14H,2-12H2,1H3,(H,19,20)(H,21,22). The summed E-state index contributed by atoms with van der Waals surface area (Å²) in [5.74, 6) is -2.16. The van der Waals surface area contributed by atoms with E-state index in [4.69, 9.17) is 29.2 Å². The van der Waals surface area contributed by atoms with Crippen molar-refractivity contribution < 1.29 is 57.9 Å². The number of hydrogen-bond donors (Lipinski definition) is 2. The average Bonchev–Trinajstić information content (AvgIpc) is 3.37. The van der Waals surface area contributed by atoms with Gasteiger partial charge in [-0.05, 0) is 142 Å². The number of carbonyl (C=O) groups is 6. The van der Waals surface area contributed by atoms with Gasteiger partial charge in [-0.1, -0.05) is 142 Å². The van der Waals surface area contributed by atoms with E-state index in [0.717, 1.165) is 90.4 Å². The minimum atomic E-state index is -0.845.